The van der Waals surface area contributed by atoms with Gasteiger partial charge in [0.25, 0.3) is 10.0 Å². The van der Waals surface area contributed by atoms with E-state index in [0.717, 1.165) is 9.35 Å². The normalized spacial score (nSPS) is 11.8. The van der Waals surface area contributed by atoms with Crippen molar-refractivity contribution in [3.8, 4) is 0 Å². The van der Waals surface area contributed by atoms with Crippen LogP contribution in [0.15, 0.2) is 45.1 Å². The first-order valence-corrected chi connectivity index (χ1v) is 9.61. The Morgan fingerprint density at radius 3 is 2.71 bits per heavy atom. The molecule has 2 rings (SSSR count). The second-order valence-electron chi connectivity index (χ2n) is 4.90. The summed E-state index contributed by atoms with van der Waals surface area (Å²) in [6.45, 7) is 4.79. The molecule has 0 aliphatic carbocycles. The molecule has 0 atom stereocenters. The molecule has 7 heteroatoms. The van der Waals surface area contributed by atoms with Gasteiger partial charge in [0, 0.05) is 33.0 Å². The van der Waals surface area contributed by atoms with Crippen LogP contribution in [0.3, 0.4) is 0 Å². The first kappa shape index (κ1) is 16.5. The number of benzene rings is 1. The lowest BCUT2D eigenvalue weighted by atomic mass is 10.3. The molecule has 2 N–H and O–H groups in total. The van der Waals surface area contributed by atoms with Crippen molar-refractivity contribution in [1.29, 1.82) is 0 Å². The second kappa shape index (κ2) is 6.91. The van der Waals surface area contributed by atoms with E-state index in [1.165, 1.54) is 11.3 Å². The standard InChI is InChI=1S/C14H17BrN2O2S2/c1-10(2)16-8-13-7-14(9-20-13)21(18,19)17-12-5-3-4-11(15)6-12/h3-7,9-10,16-17H,8H2,1-2H3. The summed E-state index contributed by atoms with van der Waals surface area (Å²) >= 11 is 4.76. The van der Waals surface area contributed by atoms with Gasteiger partial charge in [-0.3, -0.25) is 4.72 Å². The molecule has 0 saturated heterocycles. The molecule has 0 spiro atoms. The molecule has 0 amide bonds. The van der Waals surface area contributed by atoms with E-state index < -0.39 is 10.0 Å². The van der Waals surface area contributed by atoms with E-state index in [4.69, 9.17) is 0 Å². The van der Waals surface area contributed by atoms with Crippen LogP contribution in [0.25, 0.3) is 0 Å². The maximum absolute atomic E-state index is 12.3. The molecule has 0 unspecified atom stereocenters. The molecule has 21 heavy (non-hydrogen) atoms. The molecule has 4 nitrogen and oxygen atoms in total. The maximum atomic E-state index is 12.3. The number of anilines is 1. The van der Waals surface area contributed by atoms with Gasteiger partial charge in [-0.05, 0) is 24.3 Å². The van der Waals surface area contributed by atoms with Crippen molar-refractivity contribution in [3.05, 3.63) is 45.1 Å². The minimum absolute atomic E-state index is 0.299. The van der Waals surface area contributed by atoms with Crippen LogP contribution in [0.4, 0.5) is 5.69 Å². The van der Waals surface area contributed by atoms with Crippen LogP contribution in [0.1, 0.15) is 18.7 Å². The highest BCUT2D eigenvalue weighted by molar-refractivity contribution is 9.10. The number of hydrogen-bond donors (Lipinski definition) is 2. The molecular weight excluding hydrogens is 372 g/mol. The van der Waals surface area contributed by atoms with Crippen LogP contribution in [-0.4, -0.2) is 14.5 Å². The third-order valence-corrected chi connectivity index (χ3v) is 5.64. The predicted molar refractivity (Wildman–Crippen MR) is 91.2 cm³/mol. The van der Waals surface area contributed by atoms with Crippen LogP contribution in [0.2, 0.25) is 0 Å². The van der Waals surface area contributed by atoms with Gasteiger partial charge in [-0.2, -0.15) is 0 Å². The topological polar surface area (TPSA) is 58.2 Å². The number of hydrogen-bond acceptors (Lipinski definition) is 4. The summed E-state index contributed by atoms with van der Waals surface area (Å²) in [6.07, 6.45) is 0. The zero-order valence-electron chi connectivity index (χ0n) is 11.8. The van der Waals surface area contributed by atoms with E-state index in [1.807, 2.05) is 6.07 Å². The van der Waals surface area contributed by atoms with Gasteiger partial charge >= 0.3 is 0 Å². The monoisotopic (exact) mass is 388 g/mol. The Balaban J connectivity index is 2.12. The zero-order chi connectivity index (χ0) is 15.5. The van der Waals surface area contributed by atoms with Crippen molar-refractivity contribution >= 4 is 43.0 Å². The van der Waals surface area contributed by atoms with E-state index in [2.05, 4.69) is 39.8 Å². The summed E-state index contributed by atoms with van der Waals surface area (Å²) < 4.78 is 28.1. The zero-order valence-corrected chi connectivity index (χ0v) is 15.0. The average molecular weight is 389 g/mol. The van der Waals surface area contributed by atoms with Crippen molar-refractivity contribution in [1.82, 2.24) is 5.32 Å². The molecule has 0 aliphatic heterocycles. The Morgan fingerprint density at radius 1 is 1.29 bits per heavy atom. The van der Waals surface area contributed by atoms with Gasteiger partial charge in [0.15, 0.2) is 0 Å². The van der Waals surface area contributed by atoms with E-state index >= 15 is 0 Å². The third kappa shape index (κ3) is 4.81. The number of halogens is 1. The van der Waals surface area contributed by atoms with Gasteiger partial charge in [-0.1, -0.05) is 35.8 Å². The molecule has 0 saturated carbocycles. The lowest BCUT2D eigenvalue weighted by molar-refractivity contribution is 0.592. The quantitative estimate of drug-likeness (QED) is 0.790. The molecular formula is C14H17BrN2O2S2. The first-order chi connectivity index (χ1) is 9.87. The Kier molecular flexibility index (Phi) is 5.43. The SMILES string of the molecule is CC(C)NCc1cc(S(=O)(=O)Nc2cccc(Br)c2)cs1. The van der Waals surface area contributed by atoms with Gasteiger partial charge in [0.1, 0.15) is 0 Å². The molecule has 1 aromatic carbocycles. The maximum Gasteiger partial charge on any atom is 0.262 e. The van der Waals surface area contributed by atoms with Crippen molar-refractivity contribution < 1.29 is 8.42 Å². The van der Waals surface area contributed by atoms with Crippen LogP contribution in [0.5, 0.6) is 0 Å². The number of thiophene rings is 1. The summed E-state index contributed by atoms with van der Waals surface area (Å²) in [5.74, 6) is 0. The molecule has 0 radical (unpaired) electrons. The third-order valence-electron chi connectivity index (χ3n) is 2.70. The van der Waals surface area contributed by atoms with E-state index in [1.54, 1.807) is 29.6 Å². The summed E-state index contributed by atoms with van der Waals surface area (Å²) in [6, 6.07) is 9.15. The van der Waals surface area contributed by atoms with E-state index in [0.29, 0.717) is 23.2 Å². The van der Waals surface area contributed by atoms with Crippen molar-refractivity contribution in [2.45, 2.75) is 31.3 Å². The number of nitrogens with one attached hydrogen (secondary N) is 2. The Labute approximate surface area is 137 Å². The summed E-state index contributed by atoms with van der Waals surface area (Å²) in [4.78, 5) is 1.30. The van der Waals surface area contributed by atoms with Crippen molar-refractivity contribution in [2.75, 3.05) is 4.72 Å². The Morgan fingerprint density at radius 2 is 2.05 bits per heavy atom. The molecule has 114 valence electrons. The highest BCUT2D eigenvalue weighted by atomic mass is 79.9. The van der Waals surface area contributed by atoms with Crippen LogP contribution in [0, 0.1) is 0 Å². The largest absolute Gasteiger partial charge is 0.310 e. The molecule has 0 aliphatic rings. The fourth-order valence-corrected chi connectivity index (χ4v) is 4.34. The van der Waals surface area contributed by atoms with E-state index in [-0.39, 0.29) is 0 Å². The fourth-order valence-electron chi connectivity index (χ4n) is 1.66. The molecule has 1 heterocycles. The minimum Gasteiger partial charge on any atom is -0.310 e. The minimum atomic E-state index is -3.54. The second-order valence-corrected chi connectivity index (χ2v) is 8.49. The van der Waals surface area contributed by atoms with Crippen molar-refractivity contribution in [2.24, 2.45) is 0 Å². The Hall–Kier alpha value is -0.890. The summed E-state index contributed by atoms with van der Waals surface area (Å²) in [7, 11) is -3.54. The average Bonchev–Trinajstić information content (AvgIpc) is 2.85. The summed E-state index contributed by atoms with van der Waals surface area (Å²) in [5.41, 5.74) is 0.539. The van der Waals surface area contributed by atoms with Crippen LogP contribution in [-0.2, 0) is 16.6 Å². The predicted octanol–water partition coefficient (Wildman–Crippen LogP) is 3.81. The van der Waals surface area contributed by atoms with Gasteiger partial charge in [-0.15, -0.1) is 11.3 Å². The lowest BCUT2D eigenvalue weighted by Gasteiger charge is -2.07. The highest BCUT2D eigenvalue weighted by Crippen LogP contribution is 2.23. The van der Waals surface area contributed by atoms with Crippen molar-refractivity contribution in [3.63, 3.8) is 0 Å². The van der Waals surface area contributed by atoms with Crippen LogP contribution >= 0.6 is 27.3 Å². The molecule has 0 bridgehead atoms. The van der Waals surface area contributed by atoms with Crippen LogP contribution < -0.4 is 10.0 Å². The van der Waals surface area contributed by atoms with Gasteiger partial charge in [0.05, 0.1) is 4.90 Å². The number of rotatable bonds is 6. The fraction of sp³-hybridized carbons (Fsp3) is 0.286. The van der Waals surface area contributed by atoms with Gasteiger partial charge in [-0.25, -0.2) is 8.42 Å². The highest BCUT2D eigenvalue weighted by Gasteiger charge is 2.16. The molecule has 1 aromatic heterocycles. The van der Waals surface area contributed by atoms with Gasteiger partial charge < -0.3 is 5.32 Å². The Bertz CT molecular complexity index is 711. The van der Waals surface area contributed by atoms with Gasteiger partial charge in [0.2, 0.25) is 0 Å². The smallest absolute Gasteiger partial charge is 0.262 e. The summed E-state index contributed by atoms with van der Waals surface area (Å²) in [5, 5.41) is 4.94. The lowest BCUT2D eigenvalue weighted by Crippen LogP contribution is -2.21. The first-order valence-electron chi connectivity index (χ1n) is 6.46. The molecule has 0 fully saturated rings. The van der Waals surface area contributed by atoms with E-state index in [9.17, 15) is 8.42 Å². The molecule has 2 aromatic rings. The number of sulfonamides is 1.